The summed E-state index contributed by atoms with van der Waals surface area (Å²) in [6, 6.07) is 0. The van der Waals surface area contributed by atoms with Gasteiger partial charge in [0.1, 0.15) is 0 Å². The van der Waals surface area contributed by atoms with E-state index in [4.69, 9.17) is 9.57 Å². The van der Waals surface area contributed by atoms with Crippen molar-refractivity contribution >= 4 is 12.1 Å². The molecule has 0 saturated carbocycles. The second-order valence-corrected chi connectivity index (χ2v) is 12.3. The minimum Gasteiger partial charge on any atom is -0.447 e. The quantitative estimate of drug-likeness (QED) is 0.0478. The number of unbranched alkanes of at least 4 members (excludes halogenated alkanes) is 26. The van der Waals surface area contributed by atoms with Crippen LogP contribution < -0.4 is 5.48 Å². The molecule has 0 aromatic rings. The number of hydroxylamine groups is 1. The molecule has 0 aromatic carbocycles. The zero-order chi connectivity index (χ0) is 30.6. The molecule has 0 heterocycles. The van der Waals surface area contributed by atoms with Crippen molar-refractivity contribution in [3.05, 3.63) is 12.2 Å². The predicted molar refractivity (Wildman–Crippen MR) is 180 cm³/mol. The van der Waals surface area contributed by atoms with Crippen LogP contribution in [0.3, 0.4) is 0 Å². The molecule has 0 saturated heterocycles. The zero-order valence-electron chi connectivity index (χ0n) is 28.2. The maximum Gasteiger partial charge on any atom is 0.440 e. The first-order chi connectivity index (χ1) is 20.7. The number of hydrogen-bond acceptors (Lipinski definition) is 4. The van der Waals surface area contributed by atoms with Crippen LogP contribution in [0.15, 0.2) is 12.2 Å². The van der Waals surface area contributed by atoms with Gasteiger partial charge < -0.3 is 9.57 Å². The molecule has 0 aliphatic rings. The fourth-order valence-corrected chi connectivity index (χ4v) is 5.33. The van der Waals surface area contributed by atoms with E-state index in [0.29, 0.717) is 13.0 Å². The van der Waals surface area contributed by atoms with E-state index in [0.717, 1.165) is 38.5 Å². The van der Waals surface area contributed by atoms with Crippen molar-refractivity contribution in [2.24, 2.45) is 0 Å². The molecular formula is C37H71NO4. The standard InChI is InChI=1S/C37H71NO4/c1-3-5-7-9-11-13-15-17-19-21-23-25-27-29-31-33-35-41-37(40)38-42-36(39)34-32-30-28-26-24-22-20-18-16-14-12-10-8-6-4-2/h18,20H,3-17,19,21-35H2,1-2H3,(H,38,40)/b20-18-. The van der Waals surface area contributed by atoms with Gasteiger partial charge in [0.05, 0.1) is 6.61 Å². The Morgan fingerprint density at radius 2 is 0.833 bits per heavy atom. The lowest BCUT2D eigenvalue weighted by Gasteiger charge is -2.07. The highest BCUT2D eigenvalue weighted by molar-refractivity contribution is 5.73. The molecular weight excluding hydrogens is 522 g/mol. The molecule has 248 valence electrons. The summed E-state index contributed by atoms with van der Waals surface area (Å²) in [4.78, 5) is 28.4. The average Bonchev–Trinajstić information content (AvgIpc) is 2.99. The molecule has 1 amide bonds. The van der Waals surface area contributed by atoms with Gasteiger partial charge in [0.2, 0.25) is 0 Å². The van der Waals surface area contributed by atoms with Gasteiger partial charge in [0, 0.05) is 6.42 Å². The summed E-state index contributed by atoms with van der Waals surface area (Å²) in [5, 5.41) is 0. The Labute approximate surface area is 261 Å². The van der Waals surface area contributed by atoms with E-state index in [2.05, 4.69) is 31.5 Å². The van der Waals surface area contributed by atoms with Crippen LogP contribution in [0.5, 0.6) is 0 Å². The Hall–Kier alpha value is -1.52. The Bertz CT molecular complexity index is 592. The average molecular weight is 594 g/mol. The Kier molecular flexibility index (Phi) is 34.4. The Balaban J connectivity index is 3.30. The molecule has 0 spiro atoms. The maximum atomic E-state index is 11.8. The van der Waals surface area contributed by atoms with E-state index >= 15 is 0 Å². The first-order valence-corrected chi connectivity index (χ1v) is 18.5. The van der Waals surface area contributed by atoms with E-state index in [1.165, 1.54) is 148 Å². The van der Waals surface area contributed by atoms with Crippen LogP contribution in [0.2, 0.25) is 0 Å². The number of hydrogen-bond donors (Lipinski definition) is 1. The van der Waals surface area contributed by atoms with Gasteiger partial charge in [-0.3, -0.25) is 0 Å². The van der Waals surface area contributed by atoms with Crippen LogP contribution in [0.25, 0.3) is 0 Å². The van der Waals surface area contributed by atoms with E-state index in [1.807, 2.05) is 0 Å². The Morgan fingerprint density at radius 3 is 1.26 bits per heavy atom. The number of carbonyl (C=O) groups is 2. The molecule has 42 heavy (non-hydrogen) atoms. The molecule has 0 bridgehead atoms. The molecule has 0 aliphatic heterocycles. The monoisotopic (exact) mass is 594 g/mol. The van der Waals surface area contributed by atoms with E-state index in [-0.39, 0.29) is 0 Å². The predicted octanol–water partition coefficient (Wildman–Crippen LogP) is 12.5. The van der Waals surface area contributed by atoms with Crippen LogP contribution in [-0.2, 0) is 14.4 Å². The zero-order valence-corrected chi connectivity index (χ0v) is 28.2. The van der Waals surface area contributed by atoms with Crippen molar-refractivity contribution in [2.45, 2.75) is 206 Å². The van der Waals surface area contributed by atoms with Gasteiger partial charge in [-0.1, -0.05) is 174 Å². The summed E-state index contributed by atoms with van der Waals surface area (Å²) in [5.41, 5.74) is 2.12. The van der Waals surface area contributed by atoms with Crippen molar-refractivity contribution in [1.82, 2.24) is 5.48 Å². The van der Waals surface area contributed by atoms with Crippen molar-refractivity contribution in [3.63, 3.8) is 0 Å². The van der Waals surface area contributed by atoms with Crippen LogP contribution in [0, 0.1) is 0 Å². The molecule has 1 N–H and O–H groups in total. The highest BCUT2D eigenvalue weighted by Gasteiger charge is 2.07. The summed E-state index contributed by atoms with van der Waals surface area (Å²) in [7, 11) is 0. The smallest absolute Gasteiger partial charge is 0.440 e. The lowest BCUT2D eigenvalue weighted by atomic mass is 10.0. The van der Waals surface area contributed by atoms with Gasteiger partial charge in [-0.25, -0.2) is 9.59 Å². The molecule has 0 unspecified atom stereocenters. The van der Waals surface area contributed by atoms with Crippen LogP contribution in [0.4, 0.5) is 4.79 Å². The Morgan fingerprint density at radius 1 is 0.476 bits per heavy atom. The first-order valence-electron chi connectivity index (χ1n) is 18.5. The molecule has 0 atom stereocenters. The lowest BCUT2D eigenvalue weighted by molar-refractivity contribution is -0.149. The molecule has 5 heteroatoms. The molecule has 0 aromatic heterocycles. The lowest BCUT2D eigenvalue weighted by Crippen LogP contribution is -2.28. The van der Waals surface area contributed by atoms with Crippen molar-refractivity contribution < 1.29 is 19.2 Å². The van der Waals surface area contributed by atoms with Crippen molar-refractivity contribution in [1.29, 1.82) is 0 Å². The van der Waals surface area contributed by atoms with Gasteiger partial charge in [-0.15, -0.1) is 5.48 Å². The van der Waals surface area contributed by atoms with E-state index < -0.39 is 12.1 Å². The molecule has 0 fully saturated rings. The summed E-state index contributed by atoms with van der Waals surface area (Å²) in [6.07, 6.45) is 41.2. The SMILES string of the molecule is CCCCCCCC/C=C\CCCCCCCC(=O)ONC(=O)OCCCCCCCCCCCCCCCCCC. The van der Waals surface area contributed by atoms with Crippen LogP contribution in [-0.4, -0.2) is 18.7 Å². The number of ether oxygens (including phenoxy) is 1. The van der Waals surface area contributed by atoms with Gasteiger partial charge in [-0.05, 0) is 38.5 Å². The van der Waals surface area contributed by atoms with Crippen LogP contribution in [0.1, 0.15) is 206 Å². The summed E-state index contributed by atoms with van der Waals surface area (Å²) >= 11 is 0. The van der Waals surface area contributed by atoms with Crippen molar-refractivity contribution in [2.75, 3.05) is 6.61 Å². The van der Waals surface area contributed by atoms with Gasteiger partial charge in [-0.2, -0.15) is 0 Å². The third kappa shape index (κ3) is 34.7. The number of allylic oxidation sites excluding steroid dienone is 2. The summed E-state index contributed by atoms with van der Waals surface area (Å²) in [6.45, 7) is 4.91. The normalized spacial score (nSPS) is 11.3. The third-order valence-electron chi connectivity index (χ3n) is 8.12. The van der Waals surface area contributed by atoms with Gasteiger partial charge >= 0.3 is 12.1 Å². The van der Waals surface area contributed by atoms with Gasteiger partial charge in [0.25, 0.3) is 0 Å². The number of amides is 1. The highest BCUT2D eigenvalue weighted by Crippen LogP contribution is 2.14. The highest BCUT2D eigenvalue weighted by atomic mass is 16.7. The number of rotatable bonds is 32. The maximum absolute atomic E-state index is 11.8. The third-order valence-corrected chi connectivity index (χ3v) is 8.12. The number of nitrogens with one attached hydrogen (secondary N) is 1. The summed E-state index contributed by atoms with van der Waals surface area (Å²) in [5.74, 6) is -0.396. The molecule has 5 nitrogen and oxygen atoms in total. The first kappa shape index (κ1) is 40.5. The van der Waals surface area contributed by atoms with E-state index in [9.17, 15) is 9.59 Å². The molecule has 0 rings (SSSR count). The fourth-order valence-electron chi connectivity index (χ4n) is 5.33. The van der Waals surface area contributed by atoms with Crippen molar-refractivity contribution in [3.8, 4) is 0 Å². The second kappa shape index (κ2) is 35.7. The fraction of sp³-hybridized carbons (Fsp3) is 0.892. The minimum atomic E-state index is -0.672. The molecule has 0 radical (unpaired) electrons. The second-order valence-electron chi connectivity index (χ2n) is 12.3. The number of carbonyl (C=O) groups excluding carboxylic acids is 2. The van der Waals surface area contributed by atoms with Gasteiger partial charge in [0.15, 0.2) is 0 Å². The molecule has 0 aliphatic carbocycles. The largest absolute Gasteiger partial charge is 0.447 e. The topological polar surface area (TPSA) is 64.6 Å². The minimum absolute atomic E-state index is 0.331. The summed E-state index contributed by atoms with van der Waals surface area (Å²) < 4.78 is 5.11. The van der Waals surface area contributed by atoms with Crippen LogP contribution >= 0.6 is 0 Å². The van der Waals surface area contributed by atoms with E-state index in [1.54, 1.807) is 0 Å².